The first-order chi connectivity index (χ1) is 10.0. The van der Waals surface area contributed by atoms with Crippen molar-refractivity contribution in [2.75, 3.05) is 24.6 Å². The van der Waals surface area contributed by atoms with Crippen LogP contribution in [0.4, 0.5) is 10.8 Å². The molecule has 5 nitrogen and oxygen atoms in total. The van der Waals surface area contributed by atoms with Crippen LogP contribution < -0.4 is 11.1 Å². The highest BCUT2D eigenvalue weighted by atomic mass is 32.1. The van der Waals surface area contributed by atoms with E-state index in [1.165, 1.54) is 11.3 Å². The van der Waals surface area contributed by atoms with E-state index >= 15 is 0 Å². The molecular formula is C15H22N4OS. The predicted molar refractivity (Wildman–Crippen MR) is 89.7 cm³/mol. The van der Waals surface area contributed by atoms with Gasteiger partial charge in [-0.25, -0.2) is 4.98 Å². The smallest absolute Gasteiger partial charge is 0.240 e. The lowest BCUT2D eigenvalue weighted by Crippen LogP contribution is -2.37. The van der Waals surface area contributed by atoms with Gasteiger partial charge in [-0.3, -0.25) is 9.69 Å². The summed E-state index contributed by atoms with van der Waals surface area (Å²) in [5.41, 5.74) is 7.31. The van der Waals surface area contributed by atoms with Crippen LogP contribution in [0.1, 0.15) is 26.7 Å². The van der Waals surface area contributed by atoms with Crippen molar-refractivity contribution in [2.24, 2.45) is 0 Å². The Labute approximate surface area is 129 Å². The molecule has 0 radical (unpaired) electrons. The van der Waals surface area contributed by atoms with Crippen LogP contribution in [0.2, 0.25) is 0 Å². The molecule has 0 saturated heterocycles. The van der Waals surface area contributed by atoms with Crippen LogP contribution in [0, 0.1) is 0 Å². The molecule has 3 N–H and O–H groups in total. The van der Waals surface area contributed by atoms with Crippen LogP contribution in [0.5, 0.6) is 0 Å². The first-order valence-electron chi connectivity index (χ1n) is 7.19. The molecule has 0 bridgehead atoms. The average Bonchev–Trinajstić information content (AvgIpc) is 2.80. The zero-order valence-corrected chi connectivity index (χ0v) is 13.5. The van der Waals surface area contributed by atoms with Crippen LogP contribution in [0.15, 0.2) is 18.2 Å². The lowest BCUT2D eigenvalue weighted by Gasteiger charge is -2.24. The monoisotopic (exact) mass is 306 g/mol. The van der Waals surface area contributed by atoms with E-state index in [-0.39, 0.29) is 5.91 Å². The Morgan fingerprint density at radius 2 is 2.14 bits per heavy atom. The number of nitrogens with one attached hydrogen (secondary N) is 1. The number of hydrogen-bond acceptors (Lipinski definition) is 5. The van der Waals surface area contributed by atoms with E-state index < -0.39 is 0 Å². The highest BCUT2D eigenvalue weighted by Gasteiger charge is 2.15. The van der Waals surface area contributed by atoms with E-state index in [1.807, 2.05) is 25.2 Å². The molecule has 21 heavy (non-hydrogen) atoms. The third-order valence-electron chi connectivity index (χ3n) is 3.62. The van der Waals surface area contributed by atoms with Crippen LogP contribution in [-0.4, -0.2) is 35.4 Å². The largest absolute Gasteiger partial charge is 0.399 e. The summed E-state index contributed by atoms with van der Waals surface area (Å²) in [7, 11) is 1.98. The first kappa shape index (κ1) is 15.7. The molecule has 0 fully saturated rings. The third-order valence-corrected chi connectivity index (χ3v) is 4.55. The summed E-state index contributed by atoms with van der Waals surface area (Å²) in [4.78, 5) is 18.6. The van der Waals surface area contributed by atoms with Gasteiger partial charge in [-0.15, -0.1) is 0 Å². The maximum Gasteiger partial charge on any atom is 0.240 e. The molecule has 1 aromatic carbocycles. The Balaban J connectivity index is 2.01. The minimum Gasteiger partial charge on any atom is -0.399 e. The van der Waals surface area contributed by atoms with E-state index in [4.69, 9.17) is 5.73 Å². The Bertz CT molecular complexity index is 621. The standard InChI is InChI=1S/C15H22N4OS/c1-4-11(5-2)19(3)9-14(20)18-15-17-12-7-6-10(16)8-13(12)21-15/h6-8,11H,4-5,9,16H2,1-3H3,(H,17,18,20). The molecule has 0 unspecified atom stereocenters. The van der Waals surface area contributed by atoms with Gasteiger partial charge in [0.25, 0.3) is 0 Å². The molecule has 0 atom stereocenters. The number of aromatic nitrogens is 1. The van der Waals surface area contributed by atoms with Gasteiger partial charge in [-0.05, 0) is 38.1 Å². The topological polar surface area (TPSA) is 71.2 Å². The fraction of sp³-hybridized carbons (Fsp3) is 0.467. The van der Waals surface area contributed by atoms with E-state index in [0.717, 1.165) is 23.1 Å². The van der Waals surface area contributed by atoms with Crippen molar-refractivity contribution in [3.63, 3.8) is 0 Å². The highest BCUT2D eigenvalue weighted by molar-refractivity contribution is 7.22. The minimum atomic E-state index is -0.0311. The molecule has 0 spiro atoms. The quantitative estimate of drug-likeness (QED) is 0.805. The zero-order chi connectivity index (χ0) is 15.4. The lowest BCUT2D eigenvalue weighted by atomic mass is 10.1. The van der Waals surface area contributed by atoms with E-state index in [2.05, 4.69) is 29.0 Å². The van der Waals surface area contributed by atoms with Crippen molar-refractivity contribution in [3.8, 4) is 0 Å². The molecule has 1 aromatic heterocycles. The van der Waals surface area contributed by atoms with Crippen LogP contribution in [0.3, 0.4) is 0 Å². The first-order valence-corrected chi connectivity index (χ1v) is 8.01. The molecule has 114 valence electrons. The fourth-order valence-corrected chi connectivity index (χ4v) is 3.35. The number of carbonyl (C=O) groups excluding carboxylic acids is 1. The minimum absolute atomic E-state index is 0.0311. The van der Waals surface area contributed by atoms with Crippen LogP contribution >= 0.6 is 11.3 Å². The molecule has 1 heterocycles. The summed E-state index contributed by atoms with van der Waals surface area (Å²) in [5, 5.41) is 3.49. The van der Waals surface area contributed by atoms with Crippen LogP contribution in [-0.2, 0) is 4.79 Å². The van der Waals surface area contributed by atoms with E-state index in [9.17, 15) is 4.79 Å². The summed E-state index contributed by atoms with van der Waals surface area (Å²) in [6, 6.07) is 5.99. The lowest BCUT2D eigenvalue weighted by molar-refractivity contribution is -0.117. The van der Waals surface area contributed by atoms with Gasteiger partial charge in [0.2, 0.25) is 5.91 Å². The Hall–Kier alpha value is -1.66. The molecule has 2 rings (SSSR count). The average molecular weight is 306 g/mol. The number of nitrogen functional groups attached to an aromatic ring is 1. The number of fused-ring (bicyclic) bond motifs is 1. The van der Waals surface area contributed by atoms with Crippen molar-refractivity contribution in [3.05, 3.63) is 18.2 Å². The molecule has 1 amide bonds. The van der Waals surface area contributed by atoms with Gasteiger partial charge in [-0.1, -0.05) is 25.2 Å². The third kappa shape index (κ3) is 3.92. The normalized spacial score (nSPS) is 11.5. The van der Waals surface area contributed by atoms with Gasteiger partial charge in [0.05, 0.1) is 16.8 Å². The van der Waals surface area contributed by atoms with Gasteiger partial charge in [-0.2, -0.15) is 0 Å². The fourth-order valence-electron chi connectivity index (χ4n) is 2.42. The molecule has 0 aliphatic carbocycles. The maximum atomic E-state index is 12.1. The number of carbonyl (C=O) groups is 1. The zero-order valence-electron chi connectivity index (χ0n) is 12.7. The van der Waals surface area contributed by atoms with Gasteiger partial charge in [0, 0.05) is 11.7 Å². The van der Waals surface area contributed by atoms with Gasteiger partial charge in [0.15, 0.2) is 5.13 Å². The number of likely N-dealkylation sites (N-methyl/N-ethyl adjacent to an activating group) is 1. The number of hydrogen-bond donors (Lipinski definition) is 2. The number of rotatable bonds is 6. The predicted octanol–water partition coefficient (Wildman–Crippen LogP) is 2.94. The van der Waals surface area contributed by atoms with Crippen molar-refractivity contribution < 1.29 is 4.79 Å². The van der Waals surface area contributed by atoms with Crippen LogP contribution in [0.25, 0.3) is 10.2 Å². The second kappa shape index (κ2) is 6.87. The Kier molecular flexibility index (Phi) is 5.14. The Morgan fingerprint density at radius 3 is 2.81 bits per heavy atom. The SMILES string of the molecule is CCC(CC)N(C)CC(=O)Nc1nc2ccc(N)cc2s1. The summed E-state index contributed by atoms with van der Waals surface area (Å²) < 4.78 is 0.985. The number of thiazole rings is 1. The second-order valence-corrected chi connectivity index (χ2v) is 6.21. The molecule has 0 saturated carbocycles. The Morgan fingerprint density at radius 1 is 1.43 bits per heavy atom. The molecule has 2 aromatic rings. The number of nitrogens with zero attached hydrogens (tertiary/aromatic N) is 2. The number of nitrogens with two attached hydrogens (primary N) is 1. The van der Waals surface area contributed by atoms with Gasteiger partial charge >= 0.3 is 0 Å². The number of anilines is 2. The second-order valence-electron chi connectivity index (χ2n) is 5.18. The summed E-state index contributed by atoms with van der Waals surface area (Å²) in [5.74, 6) is -0.0311. The number of amides is 1. The summed E-state index contributed by atoms with van der Waals surface area (Å²) in [6.45, 7) is 4.66. The summed E-state index contributed by atoms with van der Waals surface area (Å²) >= 11 is 1.45. The maximum absolute atomic E-state index is 12.1. The highest BCUT2D eigenvalue weighted by Crippen LogP contribution is 2.27. The van der Waals surface area contributed by atoms with Crippen molar-refractivity contribution in [1.29, 1.82) is 0 Å². The summed E-state index contributed by atoms with van der Waals surface area (Å²) in [6.07, 6.45) is 2.08. The van der Waals surface area contributed by atoms with Gasteiger partial charge in [0.1, 0.15) is 0 Å². The molecule has 6 heteroatoms. The van der Waals surface area contributed by atoms with Gasteiger partial charge < -0.3 is 11.1 Å². The van der Waals surface area contributed by atoms with E-state index in [1.54, 1.807) is 0 Å². The molecule has 0 aliphatic rings. The molecule has 0 aliphatic heterocycles. The molecular weight excluding hydrogens is 284 g/mol. The number of benzene rings is 1. The van der Waals surface area contributed by atoms with Crippen molar-refractivity contribution in [2.45, 2.75) is 32.7 Å². The van der Waals surface area contributed by atoms with Crippen molar-refractivity contribution in [1.82, 2.24) is 9.88 Å². The van der Waals surface area contributed by atoms with Crippen molar-refractivity contribution >= 4 is 38.3 Å². The van der Waals surface area contributed by atoms with E-state index in [0.29, 0.717) is 23.4 Å².